The minimum absolute atomic E-state index is 0.288. The minimum atomic E-state index is -0.288. The van der Waals surface area contributed by atoms with Gasteiger partial charge in [0.1, 0.15) is 12.2 Å². The molecule has 1 aliphatic rings. The van der Waals surface area contributed by atoms with E-state index < -0.39 is 0 Å². The monoisotopic (exact) mass is 408 g/mol. The molecule has 0 radical (unpaired) electrons. The Morgan fingerprint density at radius 1 is 1.19 bits per heavy atom. The van der Waals surface area contributed by atoms with Gasteiger partial charge in [-0.15, -0.1) is 0 Å². The van der Waals surface area contributed by atoms with E-state index in [1.165, 1.54) is 0 Å². The zero-order valence-corrected chi connectivity index (χ0v) is 17.2. The van der Waals surface area contributed by atoms with Crippen LogP contribution >= 0.6 is 0 Å². The normalized spacial score (nSPS) is 14.7. The Hall–Kier alpha value is -4.18. The van der Waals surface area contributed by atoms with Gasteiger partial charge in [0.15, 0.2) is 11.6 Å². The number of benzene rings is 1. The molecule has 4 aromatic rings. The Kier molecular flexibility index (Phi) is 4.41. The third-order valence-electron chi connectivity index (χ3n) is 5.53. The largest absolute Gasteiger partial charge is 0.482 e. The number of nitrogens with zero attached hydrogens (tertiary/aromatic N) is 5. The molecule has 0 saturated heterocycles. The zero-order valence-electron chi connectivity index (χ0n) is 17.2. The predicted octanol–water partition coefficient (Wildman–Crippen LogP) is 4.27. The van der Waals surface area contributed by atoms with E-state index in [1.54, 1.807) is 23.3 Å². The Morgan fingerprint density at radius 3 is 2.90 bits per heavy atom. The molecule has 31 heavy (non-hydrogen) atoms. The van der Waals surface area contributed by atoms with Crippen LogP contribution < -0.4 is 10.5 Å². The molecule has 1 aromatic carbocycles. The molecule has 0 amide bonds. The average Bonchev–Trinajstić information content (AvgIpc) is 3.17. The van der Waals surface area contributed by atoms with Gasteiger partial charge < -0.3 is 10.5 Å². The van der Waals surface area contributed by atoms with Gasteiger partial charge in [0.2, 0.25) is 0 Å². The minimum Gasteiger partial charge on any atom is -0.482 e. The molecule has 1 atom stereocenters. The number of anilines is 1. The molecule has 7 heteroatoms. The summed E-state index contributed by atoms with van der Waals surface area (Å²) in [5, 5.41) is 14.1. The molecule has 1 aliphatic heterocycles. The molecule has 0 saturated carbocycles. The fourth-order valence-electron chi connectivity index (χ4n) is 4.03. The van der Waals surface area contributed by atoms with Gasteiger partial charge in [-0.25, -0.2) is 4.98 Å². The molecule has 2 bridgehead atoms. The van der Waals surface area contributed by atoms with E-state index in [1.807, 2.05) is 25.1 Å². The Balaban J connectivity index is 1.83. The van der Waals surface area contributed by atoms with E-state index in [-0.39, 0.29) is 6.10 Å². The maximum absolute atomic E-state index is 9.66. The highest BCUT2D eigenvalue weighted by atomic mass is 16.5. The van der Waals surface area contributed by atoms with E-state index in [4.69, 9.17) is 15.5 Å². The van der Waals surface area contributed by atoms with Gasteiger partial charge in [0.25, 0.3) is 0 Å². The zero-order chi connectivity index (χ0) is 21.5. The van der Waals surface area contributed by atoms with Crippen molar-refractivity contribution in [2.24, 2.45) is 0 Å². The van der Waals surface area contributed by atoms with Crippen molar-refractivity contribution < 1.29 is 4.74 Å². The van der Waals surface area contributed by atoms with Gasteiger partial charge >= 0.3 is 0 Å². The number of rotatable bonds is 0. The van der Waals surface area contributed by atoms with Crippen LogP contribution in [-0.4, -0.2) is 19.7 Å². The summed E-state index contributed by atoms with van der Waals surface area (Å²) in [5.74, 6) is 0.765. The Labute approximate surface area is 179 Å². The van der Waals surface area contributed by atoms with Gasteiger partial charge in [-0.2, -0.15) is 10.4 Å². The molecule has 2 N–H and O–H groups in total. The van der Waals surface area contributed by atoms with Crippen LogP contribution in [-0.2, 0) is 6.54 Å². The highest BCUT2D eigenvalue weighted by Gasteiger charge is 2.22. The fraction of sp³-hybridized carbons (Fsp3) is 0.167. The summed E-state index contributed by atoms with van der Waals surface area (Å²) >= 11 is 0. The van der Waals surface area contributed by atoms with Crippen molar-refractivity contribution in [3.63, 3.8) is 0 Å². The van der Waals surface area contributed by atoms with Gasteiger partial charge in [-0.3, -0.25) is 9.67 Å². The first kappa shape index (κ1) is 18.8. The molecular weight excluding hydrogens is 388 g/mol. The molecular formula is C24H20N6O. The molecule has 5 rings (SSSR count). The number of hydrogen-bond donors (Lipinski definition) is 1. The van der Waals surface area contributed by atoms with Crippen LogP contribution in [0.3, 0.4) is 0 Å². The lowest BCUT2D eigenvalue weighted by molar-refractivity contribution is 0.228. The molecule has 0 fully saturated rings. The molecule has 3 aromatic heterocycles. The van der Waals surface area contributed by atoms with Gasteiger partial charge in [-0.1, -0.05) is 29.8 Å². The molecule has 1 unspecified atom stereocenters. The summed E-state index contributed by atoms with van der Waals surface area (Å²) in [4.78, 5) is 9.03. The predicted molar refractivity (Wildman–Crippen MR) is 117 cm³/mol. The van der Waals surface area contributed by atoms with Crippen LogP contribution in [0.1, 0.15) is 35.3 Å². The summed E-state index contributed by atoms with van der Waals surface area (Å²) in [6.07, 6.45) is 4.72. The summed E-state index contributed by atoms with van der Waals surface area (Å²) in [5.41, 5.74) is 13.0. The van der Waals surface area contributed by atoms with Crippen LogP contribution in [0, 0.1) is 18.3 Å². The van der Waals surface area contributed by atoms with Crippen molar-refractivity contribution in [1.82, 2.24) is 19.7 Å². The highest BCUT2D eigenvalue weighted by Crippen LogP contribution is 2.37. The van der Waals surface area contributed by atoms with Gasteiger partial charge in [-0.05, 0) is 31.5 Å². The van der Waals surface area contributed by atoms with Crippen molar-refractivity contribution in [2.45, 2.75) is 26.5 Å². The van der Waals surface area contributed by atoms with Crippen LogP contribution in [0.2, 0.25) is 0 Å². The third kappa shape index (κ3) is 3.19. The third-order valence-corrected chi connectivity index (χ3v) is 5.53. The number of nitrogen functional groups attached to an aromatic ring is 1. The summed E-state index contributed by atoms with van der Waals surface area (Å²) in [6.45, 7) is 4.50. The van der Waals surface area contributed by atoms with Crippen LogP contribution in [0.25, 0.3) is 22.5 Å². The summed E-state index contributed by atoms with van der Waals surface area (Å²) in [7, 11) is 0. The lowest BCUT2D eigenvalue weighted by Gasteiger charge is -2.22. The van der Waals surface area contributed by atoms with Gasteiger partial charge in [0.05, 0.1) is 29.7 Å². The lowest BCUT2D eigenvalue weighted by atomic mass is 9.95. The summed E-state index contributed by atoms with van der Waals surface area (Å²) < 4.78 is 8.09. The topological polar surface area (TPSA) is 103 Å². The van der Waals surface area contributed by atoms with Crippen LogP contribution in [0.4, 0.5) is 5.82 Å². The first-order valence-corrected chi connectivity index (χ1v) is 9.98. The number of nitrogens with two attached hydrogens (primary N) is 1. The molecule has 152 valence electrons. The Morgan fingerprint density at radius 2 is 2.06 bits per heavy atom. The lowest BCUT2D eigenvalue weighted by Crippen LogP contribution is -2.12. The first-order chi connectivity index (χ1) is 15.0. The second kappa shape index (κ2) is 7.26. The smallest absolute Gasteiger partial charge is 0.166 e. The van der Waals surface area contributed by atoms with Crippen molar-refractivity contribution in [2.75, 3.05) is 5.73 Å². The SMILES string of the molecule is Cc1ccc2c(c1)C(C)Oc1cc(cnc1N)-c1c(C#N)cnn1Cc1cccnc1-2. The number of aryl methyl sites for hydroxylation is 1. The number of pyridine rings is 2. The van der Waals surface area contributed by atoms with Crippen molar-refractivity contribution in [1.29, 1.82) is 5.26 Å². The van der Waals surface area contributed by atoms with E-state index in [0.29, 0.717) is 29.4 Å². The Bertz CT molecular complexity index is 1350. The highest BCUT2D eigenvalue weighted by molar-refractivity contribution is 5.72. The molecule has 7 nitrogen and oxygen atoms in total. The number of fused-ring (bicyclic) bond motifs is 7. The standard InChI is InChI=1S/C24H20N6O/c1-14-5-6-19-20(8-14)15(2)31-21-9-17(11-28-24(21)26)23-18(10-25)12-29-30(23)13-16-4-3-7-27-22(16)19/h3-9,11-12,15H,13H2,1-2H3,(H2,26,28). The van der Waals surface area contributed by atoms with Crippen LogP contribution in [0.5, 0.6) is 5.75 Å². The van der Waals surface area contributed by atoms with Crippen molar-refractivity contribution in [3.05, 3.63) is 77.2 Å². The second-order valence-electron chi connectivity index (χ2n) is 7.65. The first-order valence-electron chi connectivity index (χ1n) is 9.98. The van der Waals surface area contributed by atoms with Gasteiger partial charge in [0, 0.05) is 29.1 Å². The fourth-order valence-corrected chi connectivity index (χ4v) is 4.03. The number of ether oxygens (including phenoxy) is 1. The van der Waals surface area contributed by atoms with E-state index in [9.17, 15) is 5.26 Å². The van der Waals surface area contributed by atoms with E-state index >= 15 is 0 Å². The number of nitriles is 1. The molecule has 4 heterocycles. The average molecular weight is 408 g/mol. The van der Waals surface area contributed by atoms with Crippen LogP contribution in [0.15, 0.2) is 55.0 Å². The number of hydrogen-bond acceptors (Lipinski definition) is 6. The maximum Gasteiger partial charge on any atom is 0.166 e. The van der Waals surface area contributed by atoms with Crippen molar-refractivity contribution >= 4 is 5.82 Å². The quantitative estimate of drug-likeness (QED) is 0.466. The number of aromatic nitrogens is 4. The maximum atomic E-state index is 9.66. The second-order valence-corrected chi connectivity index (χ2v) is 7.65. The van der Waals surface area contributed by atoms with E-state index in [2.05, 4.69) is 41.3 Å². The molecule has 0 spiro atoms. The van der Waals surface area contributed by atoms with Crippen molar-refractivity contribution in [3.8, 4) is 34.3 Å². The summed E-state index contributed by atoms with van der Waals surface area (Å²) in [6, 6.07) is 14.3. The van der Waals surface area contributed by atoms with E-state index in [0.717, 1.165) is 33.5 Å². The molecule has 0 aliphatic carbocycles.